The molecule has 146 valence electrons. The Morgan fingerprint density at radius 3 is 2.36 bits per heavy atom. The van der Waals surface area contributed by atoms with Crippen LogP contribution >= 0.6 is 15.9 Å². The van der Waals surface area contributed by atoms with Crippen molar-refractivity contribution >= 4 is 33.8 Å². The highest BCUT2D eigenvalue weighted by Gasteiger charge is 2.36. The number of hydrogen-bond acceptors (Lipinski definition) is 4. The fourth-order valence-corrected chi connectivity index (χ4v) is 3.24. The molecule has 0 spiro atoms. The molecule has 0 fully saturated rings. The summed E-state index contributed by atoms with van der Waals surface area (Å²) in [6.45, 7) is 1.49. The Bertz CT molecular complexity index is 965. The van der Waals surface area contributed by atoms with Gasteiger partial charge < -0.3 is 15.9 Å². The Hall–Kier alpha value is -3.20. The van der Waals surface area contributed by atoms with Crippen LogP contribution in [0, 0.1) is 5.41 Å². The Morgan fingerprint density at radius 2 is 1.86 bits per heavy atom. The third kappa shape index (κ3) is 5.17. The van der Waals surface area contributed by atoms with Crippen molar-refractivity contribution in [1.29, 1.82) is 0 Å². The second-order valence-electron chi connectivity index (χ2n) is 6.28. The summed E-state index contributed by atoms with van der Waals surface area (Å²) in [4.78, 5) is 32.4. The number of primary amides is 1. The molecular formula is C19H18BrN3O5. The summed E-state index contributed by atoms with van der Waals surface area (Å²) in [6, 6.07) is 9.53. The van der Waals surface area contributed by atoms with Crippen LogP contribution in [0.2, 0.25) is 0 Å². The molecule has 0 bridgehead atoms. The first-order valence-corrected chi connectivity index (χ1v) is 8.87. The van der Waals surface area contributed by atoms with Crippen LogP contribution in [0.3, 0.4) is 0 Å². The van der Waals surface area contributed by atoms with Crippen molar-refractivity contribution in [3.8, 4) is 5.69 Å². The number of carbonyl (C=O) groups is 3. The molecule has 4 N–H and O–H groups in total. The second kappa shape index (κ2) is 8.66. The van der Waals surface area contributed by atoms with Crippen molar-refractivity contribution in [3.05, 3.63) is 70.5 Å². The molecule has 1 aliphatic rings. The summed E-state index contributed by atoms with van der Waals surface area (Å²) < 4.78 is 2.10. The number of carboxylic acid groups (broad SMARTS) is 2. The second-order valence-corrected chi connectivity index (χ2v) is 7.19. The van der Waals surface area contributed by atoms with Crippen molar-refractivity contribution in [2.75, 3.05) is 0 Å². The van der Waals surface area contributed by atoms with E-state index in [1.807, 2.05) is 30.3 Å². The van der Waals surface area contributed by atoms with Gasteiger partial charge in [0.2, 0.25) is 0 Å². The predicted molar refractivity (Wildman–Crippen MR) is 105 cm³/mol. The van der Waals surface area contributed by atoms with Gasteiger partial charge in [-0.3, -0.25) is 9.59 Å². The molecule has 1 aromatic carbocycles. The number of nitrogens with zero attached hydrogens (tertiary/aromatic N) is 2. The largest absolute Gasteiger partial charge is 0.481 e. The van der Waals surface area contributed by atoms with Crippen LogP contribution < -0.4 is 5.73 Å². The average molecular weight is 448 g/mol. The maximum absolute atomic E-state index is 10.9. The van der Waals surface area contributed by atoms with Gasteiger partial charge in [0.1, 0.15) is 0 Å². The fraction of sp³-hybridized carbons (Fsp3) is 0.158. The van der Waals surface area contributed by atoms with Crippen molar-refractivity contribution in [1.82, 2.24) is 9.78 Å². The average Bonchev–Trinajstić information content (AvgIpc) is 3.12. The summed E-state index contributed by atoms with van der Waals surface area (Å²) in [7, 11) is 0. The normalized spacial score (nSPS) is 18.2. The summed E-state index contributed by atoms with van der Waals surface area (Å²) in [6.07, 6.45) is 5.99. The molecule has 8 nitrogen and oxygen atoms in total. The van der Waals surface area contributed by atoms with E-state index in [9.17, 15) is 14.4 Å². The molecule has 0 radical (unpaired) electrons. The van der Waals surface area contributed by atoms with Gasteiger partial charge in [0, 0.05) is 16.3 Å². The van der Waals surface area contributed by atoms with E-state index < -0.39 is 23.3 Å². The van der Waals surface area contributed by atoms with Crippen LogP contribution in [0.25, 0.3) is 5.69 Å². The summed E-state index contributed by atoms with van der Waals surface area (Å²) in [5.74, 6) is -2.57. The number of benzene rings is 1. The number of carbonyl (C=O) groups excluding carboxylic acids is 1. The van der Waals surface area contributed by atoms with E-state index in [1.54, 1.807) is 10.9 Å². The number of halogens is 1. The van der Waals surface area contributed by atoms with E-state index >= 15 is 0 Å². The van der Waals surface area contributed by atoms with Gasteiger partial charge in [-0.2, -0.15) is 5.10 Å². The van der Waals surface area contributed by atoms with Gasteiger partial charge in [0.05, 0.1) is 22.9 Å². The SMILES string of the molecule is CC1(C(=O)O)C=C(Br)C=C(C(=O)O)C1.NC(=O)c1cnn(-c2ccccc2)c1. The molecule has 0 aliphatic heterocycles. The highest BCUT2D eigenvalue weighted by Crippen LogP contribution is 2.36. The number of aliphatic carboxylic acids is 2. The summed E-state index contributed by atoms with van der Waals surface area (Å²) >= 11 is 3.10. The lowest BCUT2D eigenvalue weighted by molar-refractivity contribution is -0.145. The van der Waals surface area contributed by atoms with Crippen LogP contribution in [0.5, 0.6) is 0 Å². The van der Waals surface area contributed by atoms with Crippen LogP contribution in [0.4, 0.5) is 0 Å². The molecule has 1 aromatic heterocycles. The number of aromatic nitrogens is 2. The monoisotopic (exact) mass is 447 g/mol. The smallest absolute Gasteiger partial charge is 0.331 e. The zero-order chi connectivity index (χ0) is 20.9. The third-order valence-electron chi connectivity index (χ3n) is 3.98. The van der Waals surface area contributed by atoms with Crippen LogP contribution in [0.15, 0.2) is 64.9 Å². The molecule has 3 rings (SSSR count). The summed E-state index contributed by atoms with van der Waals surface area (Å²) in [5.41, 5.74) is 5.39. The lowest BCUT2D eigenvalue weighted by Crippen LogP contribution is -2.29. The van der Waals surface area contributed by atoms with Crippen LogP contribution in [-0.4, -0.2) is 37.8 Å². The number of rotatable bonds is 4. The number of hydrogen-bond donors (Lipinski definition) is 3. The number of allylic oxidation sites excluding steroid dienone is 2. The molecule has 1 aliphatic carbocycles. The molecule has 9 heteroatoms. The van der Waals surface area contributed by atoms with Crippen molar-refractivity contribution in [2.24, 2.45) is 11.1 Å². The van der Waals surface area contributed by atoms with Crippen molar-refractivity contribution in [3.63, 3.8) is 0 Å². The highest BCUT2D eigenvalue weighted by atomic mass is 79.9. The van der Waals surface area contributed by atoms with Gasteiger partial charge in [-0.15, -0.1) is 0 Å². The van der Waals surface area contributed by atoms with E-state index in [0.717, 1.165) is 5.69 Å². The van der Waals surface area contributed by atoms with Crippen molar-refractivity contribution < 1.29 is 24.6 Å². The number of amides is 1. The molecular weight excluding hydrogens is 430 g/mol. The third-order valence-corrected chi connectivity index (χ3v) is 4.44. The molecule has 1 heterocycles. The first kappa shape index (κ1) is 21.1. The summed E-state index contributed by atoms with van der Waals surface area (Å²) in [5, 5.41) is 21.7. The van der Waals surface area contributed by atoms with Gasteiger partial charge in [-0.25, -0.2) is 9.48 Å². The minimum atomic E-state index is -1.14. The molecule has 1 amide bonds. The molecule has 1 atom stereocenters. The van der Waals surface area contributed by atoms with Gasteiger partial charge >= 0.3 is 11.9 Å². The molecule has 2 aromatic rings. The Kier molecular flexibility index (Phi) is 6.53. The van der Waals surface area contributed by atoms with E-state index in [2.05, 4.69) is 21.0 Å². The quantitative estimate of drug-likeness (QED) is 0.658. The maximum atomic E-state index is 10.9. The zero-order valence-electron chi connectivity index (χ0n) is 14.9. The molecule has 28 heavy (non-hydrogen) atoms. The standard InChI is InChI=1S/C10H9N3O.C9H9BrO4/c11-10(14)8-6-12-13(7-8)9-4-2-1-3-5-9;1-9(8(13)14)3-5(7(11)12)2-6(10)4-9/h1-7H,(H2,11,14);2,4H,3H2,1H3,(H,11,12)(H,13,14). The Labute approximate surface area is 169 Å². The van der Waals surface area contributed by atoms with Crippen LogP contribution in [-0.2, 0) is 9.59 Å². The Morgan fingerprint density at radius 1 is 1.21 bits per heavy atom. The minimum Gasteiger partial charge on any atom is -0.481 e. The van der Waals surface area contributed by atoms with E-state index in [1.165, 1.54) is 25.3 Å². The van der Waals surface area contributed by atoms with E-state index in [0.29, 0.717) is 10.0 Å². The van der Waals surface area contributed by atoms with Crippen molar-refractivity contribution in [2.45, 2.75) is 13.3 Å². The molecule has 1 unspecified atom stereocenters. The zero-order valence-corrected chi connectivity index (χ0v) is 16.5. The maximum Gasteiger partial charge on any atom is 0.331 e. The molecule has 0 saturated heterocycles. The Balaban J connectivity index is 0.000000200. The van der Waals surface area contributed by atoms with Crippen LogP contribution in [0.1, 0.15) is 23.7 Å². The first-order chi connectivity index (χ1) is 13.1. The lowest BCUT2D eigenvalue weighted by atomic mass is 9.80. The topological polar surface area (TPSA) is 136 Å². The number of nitrogens with two attached hydrogens (primary N) is 1. The van der Waals surface area contributed by atoms with Gasteiger partial charge in [-0.1, -0.05) is 40.2 Å². The minimum absolute atomic E-state index is 0.00671. The van der Waals surface area contributed by atoms with E-state index in [-0.39, 0.29) is 12.0 Å². The first-order valence-electron chi connectivity index (χ1n) is 8.08. The van der Waals surface area contributed by atoms with E-state index in [4.69, 9.17) is 15.9 Å². The number of carboxylic acids is 2. The molecule has 0 saturated carbocycles. The highest BCUT2D eigenvalue weighted by molar-refractivity contribution is 9.11. The lowest BCUT2D eigenvalue weighted by Gasteiger charge is -2.24. The van der Waals surface area contributed by atoms with Gasteiger partial charge in [0.15, 0.2) is 0 Å². The van der Waals surface area contributed by atoms with Gasteiger partial charge in [0.25, 0.3) is 5.91 Å². The fourth-order valence-electron chi connectivity index (χ4n) is 2.46. The van der Waals surface area contributed by atoms with Gasteiger partial charge in [-0.05, 0) is 31.6 Å². The predicted octanol–water partition coefficient (Wildman–Crippen LogP) is 2.74. The number of para-hydroxylation sites is 1.